The Morgan fingerprint density at radius 2 is 2.05 bits per heavy atom. The first-order valence-electron chi connectivity index (χ1n) is 5.40. The molecule has 0 aliphatic rings. The minimum atomic E-state index is -4.33. The summed E-state index contributed by atoms with van der Waals surface area (Å²) in [5.41, 5.74) is -4.24. The molecule has 0 atom stereocenters. The lowest BCUT2D eigenvalue weighted by molar-refractivity contribution is -0.0327. The molecular weight excluding hydrogens is 297 g/mol. The van der Waals surface area contributed by atoms with Crippen LogP contribution in [0.15, 0.2) is 12.1 Å². The normalized spacial score (nSPS) is 11.2. The molecule has 0 fully saturated rings. The summed E-state index contributed by atoms with van der Waals surface area (Å²) in [6, 6.07) is 2.44. The third-order valence-corrected chi connectivity index (χ3v) is 2.94. The number of thioether (sulfide) groups is 1. The van der Waals surface area contributed by atoms with Gasteiger partial charge in [-0.05, 0) is 30.8 Å². The number of pyridine rings is 1. The van der Waals surface area contributed by atoms with Crippen molar-refractivity contribution in [2.45, 2.75) is 12.4 Å². The molecule has 0 radical (unpaired) electrons. The first-order valence-corrected chi connectivity index (χ1v) is 6.39. The van der Waals surface area contributed by atoms with Crippen LogP contribution in [0.3, 0.4) is 0 Å². The Morgan fingerprint density at radius 3 is 2.55 bits per heavy atom. The van der Waals surface area contributed by atoms with Crippen molar-refractivity contribution in [1.82, 2.24) is 10.3 Å². The zero-order valence-electron chi connectivity index (χ0n) is 10.3. The Bertz CT molecular complexity index is 520. The number of amides is 1. The zero-order chi connectivity index (χ0) is 15.3. The summed E-state index contributed by atoms with van der Waals surface area (Å²) in [6.45, 7) is 1.27. The molecule has 5 nitrogen and oxygen atoms in total. The monoisotopic (exact) mass is 308 g/mol. The second kappa shape index (κ2) is 6.60. The molecule has 0 bridgehead atoms. The molecule has 1 aromatic rings. The number of halogens is 3. The van der Waals surface area contributed by atoms with E-state index in [1.807, 2.05) is 0 Å². The van der Waals surface area contributed by atoms with Gasteiger partial charge in [0.1, 0.15) is 5.69 Å². The van der Waals surface area contributed by atoms with Crippen molar-refractivity contribution in [2.24, 2.45) is 0 Å². The van der Waals surface area contributed by atoms with Crippen LogP contribution in [-0.4, -0.2) is 39.8 Å². The number of aromatic carboxylic acids is 1. The third kappa shape index (κ3) is 5.08. The van der Waals surface area contributed by atoms with E-state index in [1.165, 1.54) is 19.1 Å². The van der Waals surface area contributed by atoms with E-state index in [1.54, 1.807) is 0 Å². The maximum Gasteiger partial charge on any atom is 0.441 e. The van der Waals surface area contributed by atoms with Gasteiger partial charge in [0.15, 0.2) is 0 Å². The molecule has 20 heavy (non-hydrogen) atoms. The van der Waals surface area contributed by atoms with Crippen molar-refractivity contribution in [3.05, 3.63) is 29.1 Å². The second-order valence-electron chi connectivity index (χ2n) is 3.68. The van der Waals surface area contributed by atoms with Crippen LogP contribution in [0, 0.1) is 6.92 Å². The largest absolute Gasteiger partial charge is 0.478 e. The number of carboxylic acid groups (broad SMARTS) is 1. The lowest BCUT2D eigenvalue weighted by Gasteiger charge is -2.07. The highest BCUT2D eigenvalue weighted by molar-refractivity contribution is 8.00. The molecule has 0 saturated carbocycles. The molecule has 1 amide bonds. The predicted molar refractivity (Wildman–Crippen MR) is 66.8 cm³/mol. The molecular formula is C11H11F3N2O3S. The van der Waals surface area contributed by atoms with E-state index in [0.717, 1.165) is 0 Å². The van der Waals surface area contributed by atoms with Gasteiger partial charge in [-0.15, -0.1) is 0 Å². The van der Waals surface area contributed by atoms with Crippen LogP contribution in [0.2, 0.25) is 0 Å². The van der Waals surface area contributed by atoms with Gasteiger partial charge in [0, 0.05) is 12.3 Å². The minimum absolute atomic E-state index is 0.0332. The van der Waals surface area contributed by atoms with Crippen LogP contribution in [-0.2, 0) is 0 Å². The summed E-state index contributed by atoms with van der Waals surface area (Å²) >= 11 is -0.233. The summed E-state index contributed by atoms with van der Waals surface area (Å²) < 4.78 is 35.6. The molecule has 1 aromatic heterocycles. The van der Waals surface area contributed by atoms with Gasteiger partial charge in [0.2, 0.25) is 0 Å². The van der Waals surface area contributed by atoms with Crippen LogP contribution >= 0.6 is 11.8 Å². The summed E-state index contributed by atoms with van der Waals surface area (Å²) in [6.07, 6.45) is 0. The van der Waals surface area contributed by atoms with Crippen molar-refractivity contribution in [2.75, 3.05) is 12.3 Å². The van der Waals surface area contributed by atoms with Gasteiger partial charge in [-0.1, -0.05) is 0 Å². The molecule has 0 aromatic carbocycles. The number of alkyl halides is 3. The van der Waals surface area contributed by atoms with Gasteiger partial charge in [-0.25, -0.2) is 9.78 Å². The Balaban J connectivity index is 2.56. The van der Waals surface area contributed by atoms with Crippen LogP contribution in [0.25, 0.3) is 0 Å². The van der Waals surface area contributed by atoms with Gasteiger partial charge >= 0.3 is 11.5 Å². The third-order valence-electron chi connectivity index (χ3n) is 2.20. The number of carbonyl (C=O) groups excluding carboxylic acids is 1. The van der Waals surface area contributed by atoms with E-state index in [2.05, 4.69) is 10.3 Å². The van der Waals surface area contributed by atoms with Crippen LogP contribution in [0.1, 0.15) is 26.5 Å². The van der Waals surface area contributed by atoms with E-state index in [9.17, 15) is 22.8 Å². The van der Waals surface area contributed by atoms with Crippen LogP contribution in [0.5, 0.6) is 0 Å². The van der Waals surface area contributed by atoms with Crippen molar-refractivity contribution < 1.29 is 27.9 Å². The quantitative estimate of drug-likeness (QED) is 0.814. The number of carbonyl (C=O) groups is 2. The number of nitrogens with zero attached hydrogens (tertiary/aromatic N) is 1. The van der Waals surface area contributed by atoms with Crippen molar-refractivity contribution in [3.8, 4) is 0 Å². The van der Waals surface area contributed by atoms with Gasteiger partial charge in [-0.3, -0.25) is 4.79 Å². The van der Waals surface area contributed by atoms with E-state index in [4.69, 9.17) is 5.11 Å². The predicted octanol–water partition coefficient (Wildman–Crippen LogP) is 2.07. The summed E-state index contributed by atoms with van der Waals surface area (Å²) in [5.74, 6) is -2.11. The molecule has 110 valence electrons. The molecule has 2 N–H and O–H groups in total. The molecule has 1 heterocycles. The van der Waals surface area contributed by atoms with E-state index < -0.39 is 17.4 Å². The Kier molecular flexibility index (Phi) is 5.37. The fourth-order valence-corrected chi connectivity index (χ4v) is 1.77. The summed E-state index contributed by atoms with van der Waals surface area (Å²) in [4.78, 5) is 26.1. The molecule has 0 spiro atoms. The zero-order valence-corrected chi connectivity index (χ0v) is 11.1. The maximum atomic E-state index is 11.9. The first kappa shape index (κ1) is 16.3. The number of hydrogen-bond donors (Lipinski definition) is 2. The number of aromatic nitrogens is 1. The topological polar surface area (TPSA) is 79.3 Å². The molecule has 0 aliphatic heterocycles. The molecule has 1 rings (SSSR count). The van der Waals surface area contributed by atoms with Gasteiger partial charge < -0.3 is 10.4 Å². The van der Waals surface area contributed by atoms with Crippen LogP contribution in [0.4, 0.5) is 13.2 Å². The fraction of sp³-hybridized carbons (Fsp3) is 0.364. The summed E-state index contributed by atoms with van der Waals surface area (Å²) in [5, 5.41) is 11.1. The van der Waals surface area contributed by atoms with Crippen molar-refractivity contribution >= 4 is 23.6 Å². The minimum Gasteiger partial charge on any atom is -0.478 e. The average molecular weight is 308 g/mol. The highest BCUT2D eigenvalue weighted by Gasteiger charge is 2.27. The van der Waals surface area contributed by atoms with Crippen molar-refractivity contribution in [1.29, 1.82) is 0 Å². The average Bonchev–Trinajstić information content (AvgIpc) is 2.32. The highest BCUT2D eigenvalue weighted by Crippen LogP contribution is 2.29. The SMILES string of the molecule is Cc1nc(C(=O)NCCSC(F)(F)F)ccc1C(=O)O. The Morgan fingerprint density at radius 1 is 1.40 bits per heavy atom. The number of nitrogens with one attached hydrogen (secondary N) is 1. The van der Waals surface area contributed by atoms with Gasteiger partial charge in [0.25, 0.3) is 5.91 Å². The van der Waals surface area contributed by atoms with Crippen molar-refractivity contribution in [3.63, 3.8) is 0 Å². The molecule has 0 aliphatic carbocycles. The maximum absolute atomic E-state index is 11.9. The standard InChI is InChI=1S/C11H11F3N2O3S/c1-6-7(10(18)19)2-3-8(16-6)9(17)15-4-5-20-11(12,13)14/h2-3H,4-5H2,1H3,(H,15,17)(H,18,19). The highest BCUT2D eigenvalue weighted by atomic mass is 32.2. The lowest BCUT2D eigenvalue weighted by atomic mass is 10.2. The Labute approximate surface area is 116 Å². The summed E-state index contributed by atoms with van der Waals surface area (Å²) in [7, 11) is 0. The lowest BCUT2D eigenvalue weighted by Crippen LogP contribution is -2.27. The number of carboxylic acids is 1. The van der Waals surface area contributed by atoms with Gasteiger partial charge in [-0.2, -0.15) is 13.2 Å². The number of aryl methyl sites for hydroxylation is 1. The van der Waals surface area contributed by atoms with Crippen LogP contribution < -0.4 is 5.32 Å². The fourth-order valence-electron chi connectivity index (χ4n) is 1.34. The van der Waals surface area contributed by atoms with E-state index in [0.29, 0.717) is 0 Å². The number of rotatable bonds is 5. The Hall–Kier alpha value is -1.77. The first-order chi connectivity index (χ1) is 9.20. The molecule has 0 unspecified atom stereocenters. The smallest absolute Gasteiger partial charge is 0.441 e. The van der Waals surface area contributed by atoms with E-state index >= 15 is 0 Å². The van der Waals surface area contributed by atoms with E-state index in [-0.39, 0.29) is 41.0 Å². The number of hydrogen-bond acceptors (Lipinski definition) is 4. The second-order valence-corrected chi connectivity index (χ2v) is 4.84. The molecule has 9 heteroatoms. The van der Waals surface area contributed by atoms with Gasteiger partial charge in [0.05, 0.1) is 11.3 Å². The molecule has 0 saturated heterocycles.